The van der Waals surface area contributed by atoms with Gasteiger partial charge in [0, 0.05) is 18.1 Å². The molecule has 1 heterocycles. The maximum Gasteiger partial charge on any atom is 0.267 e. The fourth-order valence-corrected chi connectivity index (χ4v) is 2.64. The van der Waals surface area contributed by atoms with Crippen LogP contribution in [0, 0.1) is 6.92 Å². The number of benzene rings is 1. The van der Waals surface area contributed by atoms with E-state index in [1.54, 1.807) is 12.1 Å². The number of carbonyl (C=O) groups is 1. The number of carbonyl (C=O) groups excluding carboxylic acids is 1. The van der Waals surface area contributed by atoms with Crippen LogP contribution in [0.1, 0.15) is 43.4 Å². The molecule has 0 radical (unpaired) electrons. The highest BCUT2D eigenvalue weighted by molar-refractivity contribution is 6.32. The van der Waals surface area contributed by atoms with E-state index in [1.807, 2.05) is 26.8 Å². The first kappa shape index (κ1) is 17.2. The van der Waals surface area contributed by atoms with Gasteiger partial charge in [0.05, 0.1) is 5.02 Å². The van der Waals surface area contributed by atoms with Crippen molar-refractivity contribution in [3.8, 4) is 11.6 Å². The summed E-state index contributed by atoms with van der Waals surface area (Å²) in [6.07, 6.45) is 0.329. The van der Waals surface area contributed by atoms with Crippen molar-refractivity contribution in [1.82, 2.24) is 10.2 Å². The Balaban J connectivity index is 2.35. The summed E-state index contributed by atoms with van der Waals surface area (Å²) in [6.45, 7) is 7.22. The molecule has 2 aromatic rings. The summed E-state index contributed by atoms with van der Waals surface area (Å²) in [5, 5.41) is 6.73. The van der Waals surface area contributed by atoms with Crippen LogP contribution in [0.15, 0.2) is 23.0 Å². The van der Waals surface area contributed by atoms with Crippen LogP contribution in [0.25, 0.3) is 0 Å². The highest BCUT2D eigenvalue weighted by Crippen LogP contribution is 2.33. The fraction of sp³-hybridized carbons (Fsp3) is 0.353. The first-order chi connectivity index (χ1) is 10.8. The molecule has 0 atom stereocenters. The Kier molecular flexibility index (Phi) is 5.21. The number of ketones is 1. The van der Waals surface area contributed by atoms with E-state index in [4.69, 9.17) is 16.3 Å². The molecule has 6 heteroatoms. The lowest BCUT2D eigenvalue weighted by Crippen LogP contribution is -2.15. The Morgan fingerprint density at radius 3 is 2.61 bits per heavy atom. The molecule has 0 unspecified atom stereocenters. The average molecular weight is 335 g/mol. The topological polar surface area (TPSA) is 72.1 Å². The average Bonchev–Trinajstić information content (AvgIpc) is 2.43. The molecule has 1 N–H and O–H groups in total. The number of aryl methyl sites for hydroxylation is 1. The van der Waals surface area contributed by atoms with Gasteiger partial charge < -0.3 is 4.74 Å². The van der Waals surface area contributed by atoms with Crippen molar-refractivity contribution < 1.29 is 9.53 Å². The Morgan fingerprint density at radius 2 is 2.04 bits per heavy atom. The molecular weight excluding hydrogens is 316 g/mol. The molecular formula is C17H19ClN2O3. The van der Waals surface area contributed by atoms with E-state index in [0.29, 0.717) is 22.8 Å². The number of hydrogen-bond acceptors (Lipinski definition) is 4. The Labute approximate surface area is 139 Å². The SMILES string of the molecule is CC(=O)Cc1cc(C)c(Oc2cc(C(C)C)c(=O)[nH]n2)c(Cl)c1. The lowest BCUT2D eigenvalue weighted by Gasteiger charge is -2.12. The van der Waals surface area contributed by atoms with E-state index in [2.05, 4.69) is 10.2 Å². The molecule has 0 bridgehead atoms. The lowest BCUT2D eigenvalue weighted by molar-refractivity contribution is -0.116. The molecule has 0 saturated carbocycles. The van der Waals surface area contributed by atoms with Gasteiger partial charge in [-0.3, -0.25) is 9.59 Å². The van der Waals surface area contributed by atoms with Crippen LogP contribution in [-0.2, 0) is 11.2 Å². The maximum atomic E-state index is 11.7. The van der Waals surface area contributed by atoms with Gasteiger partial charge in [-0.1, -0.05) is 31.5 Å². The third kappa shape index (κ3) is 4.20. The smallest absolute Gasteiger partial charge is 0.267 e. The first-order valence-electron chi connectivity index (χ1n) is 7.34. The molecule has 0 aliphatic carbocycles. The van der Waals surface area contributed by atoms with Gasteiger partial charge in [-0.2, -0.15) is 0 Å². The largest absolute Gasteiger partial charge is 0.436 e. The number of halogens is 1. The van der Waals surface area contributed by atoms with Gasteiger partial charge in [-0.05, 0) is 37.0 Å². The van der Waals surface area contributed by atoms with Crippen molar-refractivity contribution in [2.75, 3.05) is 0 Å². The highest BCUT2D eigenvalue weighted by atomic mass is 35.5. The van der Waals surface area contributed by atoms with Crippen molar-refractivity contribution >= 4 is 17.4 Å². The number of H-pyrrole nitrogens is 1. The molecule has 0 aliphatic heterocycles. The molecule has 1 aromatic heterocycles. The number of aromatic amines is 1. The number of Topliss-reactive ketones (excluding diaryl/α,β-unsaturated/α-hetero) is 1. The van der Waals surface area contributed by atoms with Crippen LogP contribution in [-0.4, -0.2) is 16.0 Å². The van der Waals surface area contributed by atoms with Gasteiger partial charge >= 0.3 is 0 Å². The third-order valence-corrected chi connectivity index (χ3v) is 3.66. The molecule has 0 aliphatic rings. The zero-order valence-corrected chi connectivity index (χ0v) is 14.3. The number of ether oxygens (including phenoxy) is 1. The van der Waals surface area contributed by atoms with Crippen LogP contribution in [0.4, 0.5) is 0 Å². The summed E-state index contributed by atoms with van der Waals surface area (Å²) < 4.78 is 5.75. The van der Waals surface area contributed by atoms with Crippen LogP contribution >= 0.6 is 11.6 Å². The monoisotopic (exact) mass is 334 g/mol. The molecule has 0 spiro atoms. The van der Waals surface area contributed by atoms with Crippen molar-refractivity contribution in [1.29, 1.82) is 0 Å². The molecule has 23 heavy (non-hydrogen) atoms. The maximum absolute atomic E-state index is 11.7. The van der Waals surface area contributed by atoms with Gasteiger partial charge in [0.2, 0.25) is 5.88 Å². The zero-order chi connectivity index (χ0) is 17.1. The highest BCUT2D eigenvalue weighted by Gasteiger charge is 2.13. The molecule has 2 rings (SSSR count). The Hall–Kier alpha value is -2.14. The van der Waals surface area contributed by atoms with E-state index in [9.17, 15) is 9.59 Å². The van der Waals surface area contributed by atoms with E-state index < -0.39 is 0 Å². The predicted octanol–water partition coefficient (Wildman–Crippen LogP) is 3.78. The van der Waals surface area contributed by atoms with E-state index in [1.165, 1.54) is 6.92 Å². The predicted molar refractivity (Wildman–Crippen MR) is 89.6 cm³/mol. The van der Waals surface area contributed by atoms with Gasteiger partial charge in [0.1, 0.15) is 5.78 Å². The second-order valence-electron chi connectivity index (χ2n) is 5.85. The normalized spacial score (nSPS) is 10.9. The summed E-state index contributed by atoms with van der Waals surface area (Å²) in [5.74, 6) is 0.863. The summed E-state index contributed by atoms with van der Waals surface area (Å²) >= 11 is 6.27. The fourth-order valence-electron chi connectivity index (χ4n) is 2.31. The minimum atomic E-state index is -0.230. The van der Waals surface area contributed by atoms with Gasteiger partial charge in [-0.15, -0.1) is 5.10 Å². The summed E-state index contributed by atoms with van der Waals surface area (Å²) in [6, 6.07) is 5.18. The van der Waals surface area contributed by atoms with Crippen molar-refractivity contribution in [2.45, 2.75) is 40.0 Å². The van der Waals surface area contributed by atoms with Gasteiger partial charge in [0.25, 0.3) is 5.56 Å². The second kappa shape index (κ2) is 6.96. The first-order valence-corrected chi connectivity index (χ1v) is 7.71. The van der Waals surface area contributed by atoms with Crippen LogP contribution < -0.4 is 10.3 Å². The Morgan fingerprint density at radius 1 is 1.35 bits per heavy atom. The molecule has 0 saturated heterocycles. The lowest BCUT2D eigenvalue weighted by atomic mass is 10.1. The summed E-state index contributed by atoms with van der Waals surface area (Å²) in [4.78, 5) is 22.9. The minimum absolute atomic E-state index is 0.0543. The second-order valence-corrected chi connectivity index (χ2v) is 6.26. The molecule has 122 valence electrons. The Bertz CT molecular complexity index is 774. The van der Waals surface area contributed by atoms with E-state index in [0.717, 1.165) is 11.1 Å². The number of hydrogen-bond donors (Lipinski definition) is 1. The number of nitrogens with one attached hydrogen (secondary N) is 1. The number of rotatable bonds is 5. The number of aromatic nitrogens is 2. The van der Waals surface area contributed by atoms with Gasteiger partial charge in [0.15, 0.2) is 5.75 Å². The quantitative estimate of drug-likeness (QED) is 0.903. The standard InChI is InChI=1S/C17H19ClN2O3/c1-9(2)13-8-15(19-20-17(13)22)23-16-10(3)5-12(6-11(4)21)7-14(16)18/h5,7-9H,6H2,1-4H3,(H,20,22). The van der Waals surface area contributed by atoms with Crippen molar-refractivity contribution in [3.63, 3.8) is 0 Å². The zero-order valence-electron chi connectivity index (χ0n) is 13.6. The molecule has 1 aromatic carbocycles. The van der Waals surface area contributed by atoms with Crippen LogP contribution in [0.3, 0.4) is 0 Å². The van der Waals surface area contributed by atoms with Gasteiger partial charge in [-0.25, -0.2) is 5.10 Å². The number of nitrogens with zero attached hydrogens (tertiary/aromatic N) is 1. The summed E-state index contributed by atoms with van der Waals surface area (Å²) in [5.41, 5.74) is 2.00. The molecule has 5 nitrogen and oxygen atoms in total. The minimum Gasteiger partial charge on any atom is -0.436 e. The summed E-state index contributed by atoms with van der Waals surface area (Å²) in [7, 11) is 0. The van der Waals surface area contributed by atoms with Crippen LogP contribution in [0.2, 0.25) is 5.02 Å². The van der Waals surface area contributed by atoms with E-state index in [-0.39, 0.29) is 23.1 Å². The van der Waals surface area contributed by atoms with Crippen molar-refractivity contribution in [3.05, 3.63) is 50.3 Å². The third-order valence-electron chi connectivity index (χ3n) is 3.38. The van der Waals surface area contributed by atoms with E-state index >= 15 is 0 Å². The van der Waals surface area contributed by atoms with Crippen molar-refractivity contribution in [2.24, 2.45) is 0 Å². The molecule has 0 amide bonds. The van der Waals surface area contributed by atoms with Crippen LogP contribution in [0.5, 0.6) is 11.6 Å². The molecule has 0 fully saturated rings.